The van der Waals surface area contributed by atoms with E-state index in [0.29, 0.717) is 24.0 Å². The van der Waals surface area contributed by atoms with E-state index in [1.807, 2.05) is 19.9 Å². The van der Waals surface area contributed by atoms with Crippen molar-refractivity contribution >= 4 is 0 Å². The smallest absolute Gasteiger partial charge is 0.232 e. The molecule has 0 bridgehead atoms. The molecule has 0 aromatic carbocycles. The van der Waals surface area contributed by atoms with E-state index in [1.165, 1.54) is 25.7 Å². The van der Waals surface area contributed by atoms with E-state index >= 15 is 0 Å². The molecule has 0 spiro atoms. The average Bonchev–Trinajstić information content (AvgIpc) is 2.78. The minimum Gasteiger partial charge on any atom is -0.476 e. The van der Waals surface area contributed by atoms with Gasteiger partial charge in [-0.1, -0.05) is 12.8 Å². The number of pyridine rings is 1. The topological polar surface area (TPSA) is 45.9 Å². The van der Waals surface area contributed by atoms with E-state index < -0.39 is 0 Å². The van der Waals surface area contributed by atoms with Crippen molar-refractivity contribution < 1.29 is 4.74 Å². The fourth-order valence-electron chi connectivity index (χ4n) is 2.42. The summed E-state index contributed by atoms with van der Waals surface area (Å²) in [6.07, 6.45) is 5.10. The Bertz CT molecular complexity index is 442. The SMILES string of the molecule is Cc1cc(C)c(C#N)c(OCC2CCCC2)n1. The lowest BCUT2D eigenvalue weighted by Crippen LogP contribution is -2.10. The van der Waals surface area contributed by atoms with Gasteiger partial charge >= 0.3 is 0 Å². The first-order valence-electron chi connectivity index (χ1n) is 6.22. The fraction of sp³-hybridized carbons (Fsp3) is 0.571. The quantitative estimate of drug-likeness (QED) is 0.801. The number of hydrogen-bond donors (Lipinski definition) is 0. The minimum absolute atomic E-state index is 0.511. The fourth-order valence-corrected chi connectivity index (χ4v) is 2.42. The summed E-state index contributed by atoms with van der Waals surface area (Å²) in [4.78, 5) is 4.32. The van der Waals surface area contributed by atoms with Gasteiger partial charge in [-0.15, -0.1) is 0 Å². The van der Waals surface area contributed by atoms with Gasteiger partial charge in [0.05, 0.1) is 6.61 Å². The molecular formula is C14H18N2O. The summed E-state index contributed by atoms with van der Waals surface area (Å²) in [5.41, 5.74) is 2.43. The molecule has 1 fully saturated rings. The lowest BCUT2D eigenvalue weighted by Gasteiger charge is -2.13. The summed E-state index contributed by atoms with van der Waals surface area (Å²) >= 11 is 0. The van der Waals surface area contributed by atoms with Crippen LogP contribution in [-0.2, 0) is 0 Å². The molecule has 1 aliphatic rings. The van der Waals surface area contributed by atoms with Gasteiger partial charge in [0.15, 0.2) is 0 Å². The van der Waals surface area contributed by atoms with Crippen molar-refractivity contribution in [2.24, 2.45) is 5.92 Å². The number of rotatable bonds is 3. The van der Waals surface area contributed by atoms with Gasteiger partial charge in [-0.25, -0.2) is 4.98 Å². The Morgan fingerprint density at radius 1 is 1.41 bits per heavy atom. The van der Waals surface area contributed by atoms with Gasteiger partial charge in [0.2, 0.25) is 5.88 Å². The Kier molecular flexibility index (Phi) is 3.63. The molecule has 1 aliphatic carbocycles. The molecule has 0 atom stereocenters. The molecule has 2 rings (SSSR count). The van der Waals surface area contributed by atoms with Crippen LogP contribution in [0.2, 0.25) is 0 Å². The minimum atomic E-state index is 0.511. The third-order valence-corrected chi connectivity index (χ3v) is 3.35. The highest BCUT2D eigenvalue weighted by molar-refractivity contribution is 5.45. The summed E-state index contributed by atoms with van der Waals surface area (Å²) in [6, 6.07) is 4.10. The summed E-state index contributed by atoms with van der Waals surface area (Å²) in [6.45, 7) is 4.55. The summed E-state index contributed by atoms with van der Waals surface area (Å²) in [5.74, 6) is 1.15. The zero-order chi connectivity index (χ0) is 12.3. The van der Waals surface area contributed by atoms with Crippen molar-refractivity contribution in [1.82, 2.24) is 4.98 Å². The largest absolute Gasteiger partial charge is 0.476 e. The highest BCUT2D eigenvalue weighted by Gasteiger charge is 2.17. The number of nitriles is 1. The first kappa shape index (κ1) is 11.9. The number of aromatic nitrogens is 1. The second kappa shape index (κ2) is 5.18. The van der Waals surface area contributed by atoms with E-state index in [9.17, 15) is 0 Å². The molecule has 0 N–H and O–H groups in total. The maximum atomic E-state index is 9.11. The number of aryl methyl sites for hydroxylation is 2. The Balaban J connectivity index is 2.11. The second-order valence-corrected chi connectivity index (χ2v) is 4.83. The molecule has 90 valence electrons. The van der Waals surface area contributed by atoms with E-state index in [1.54, 1.807) is 0 Å². The number of hydrogen-bond acceptors (Lipinski definition) is 3. The van der Waals surface area contributed by atoms with Gasteiger partial charge in [0.25, 0.3) is 0 Å². The molecule has 3 heteroatoms. The average molecular weight is 230 g/mol. The second-order valence-electron chi connectivity index (χ2n) is 4.83. The Morgan fingerprint density at radius 3 is 2.76 bits per heavy atom. The van der Waals surface area contributed by atoms with Crippen LogP contribution in [0, 0.1) is 31.1 Å². The van der Waals surface area contributed by atoms with Crippen LogP contribution in [0.1, 0.15) is 42.5 Å². The molecule has 0 unspecified atom stereocenters. The predicted molar refractivity (Wildman–Crippen MR) is 65.9 cm³/mol. The Morgan fingerprint density at radius 2 is 2.12 bits per heavy atom. The summed E-state index contributed by atoms with van der Waals surface area (Å²) < 4.78 is 5.74. The van der Waals surface area contributed by atoms with Crippen LogP contribution >= 0.6 is 0 Å². The van der Waals surface area contributed by atoms with Crippen LogP contribution in [0.15, 0.2) is 6.07 Å². The van der Waals surface area contributed by atoms with E-state index in [4.69, 9.17) is 10.00 Å². The number of nitrogens with zero attached hydrogens (tertiary/aromatic N) is 2. The van der Waals surface area contributed by atoms with Crippen LogP contribution in [0.3, 0.4) is 0 Å². The van der Waals surface area contributed by atoms with Crippen molar-refractivity contribution in [3.63, 3.8) is 0 Å². The van der Waals surface area contributed by atoms with Crippen LogP contribution in [0.25, 0.3) is 0 Å². The maximum Gasteiger partial charge on any atom is 0.232 e. The van der Waals surface area contributed by atoms with Gasteiger partial charge in [-0.05, 0) is 44.2 Å². The molecule has 0 saturated heterocycles. The van der Waals surface area contributed by atoms with Crippen LogP contribution in [-0.4, -0.2) is 11.6 Å². The summed E-state index contributed by atoms with van der Waals surface area (Å²) in [7, 11) is 0. The van der Waals surface area contributed by atoms with Gasteiger partial charge in [0, 0.05) is 5.69 Å². The predicted octanol–water partition coefficient (Wildman–Crippen LogP) is 3.14. The lowest BCUT2D eigenvalue weighted by atomic mass is 10.1. The first-order valence-corrected chi connectivity index (χ1v) is 6.22. The third kappa shape index (κ3) is 2.76. The lowest BCUT2D eigenvalue weighted by molar-refractivity contribution is 0.242. The molecule has 17 heavy (non-hydrogen) atoms. The Hall–Kier alpha value is -1.56. The monoisotopic (exact) mass is 230 g/mol. The number of ether oxygens (including phenoxy) is 1. The molecule has 1 saturated carbocycles. The maximum absolute atomic E-state index is 9.11. The standard InChI is InChI=1S/C14H18N2O/c1-10-7-11(2)16-14(13(10)8-15)17-9-12-5-3-4-6-12/h7,12H,3-6,9H2,1-2H3. The Labute approximate surface area is 102 Å². The van der Waals surface area contributed by atoms with E-state index in [-0.39, 0.29) is 0 Å². The van der Waals surface area contributed by atoms with Crippen LogP contribution in [0.5, 0.6) is 5.88 Å². The highest BCUT2D eigenvalue weighted by atomic mass is 16.5. The van der Waals surface area contributed by atoms with Gasteiger partial charge < -0.3 is 4.74 Å². The molecule has 1 aromatic heterocycles. The molecule has 3 nitrogen and oxygen atoms in total. The third-order valence-electron chi connectivity index (χ3n) is 3.35. The van der Waals surface area contributed by atoms with E-state index in [0.717, 1.165) is 11.3 Å². The van der Waals surface area contributed by atoms with Gasteiger partial charge in [-0.3, -0.25) is 0 Å². The van der Waals surface area contributed by atoms with Crippen molar-refractivity contribution in [2.75, 3.05) is 6.61 Å². The first-order chi connectivity index (χ1) is 8.20. The molecule has 0 radical (unpaired) electrons. The van der Waals surface area contributed by atoms with Crippen LogP contribution < -0.4 is 4.74 Å². The molecule has 0 aliphatic heterocycles. The van der Waals surface area contributed by atoms with Crippen molar-refractivity contribution in [3.05, 3.63) is 22.9 Å². The highest BCUT2D eigenvalue weighted by Crippen LogP contribution is 2.26. The zero-order valence-corrected chi connectivity index (χ0v) is 10.5. The van der Waals surface area contributed by atoms with Crippen molar-refractivity contribution in [1.29, 1.82) is 5.26 Å². The molecule has 1 heterocycles. The molecular weight excluding hydrogens is 212 g/mol. The van der Waals surface area contributed by atoms with Crippen molar-refractivity contribution in [2.45, 2.75) is 39.5 Å². The van der Waals surface area contributed by atoms with E-state index in [2.05, 4.69) is 11.1 Å². The van der Waals surface area contributed by atoms with Crippen LogP contribution in [0.4, 0.5) is 0 Å². The zero-order valence-electron chi connectivity index (χ0n) is 10.5. The molecule has 0 amide bonds. The summed E-state index contributed by atoms with van der Waals surface area (Å²) in [5, 5.41) is 9.11. The van der Waals surface area contributed by atoms with Gasteiger partial charge in [0.1, 0.15) is 11.6 Å². The van der Waals surface area contributed by atoms with Gasteiger partial charge in [-0.2, -0.15) is 5.26 Å². The van der Waals surface area contributed by atoms with Crippen molar-refractivity contribution in [3.8, 4) is 11.9 Å². The normalized spacial score (nSPS) is 15.8. The molecule has 1 aromatic rings.